The van der Waals surface area contributed by atoms with Crippen LogP contribution in [-0.2, 0) is 25.7 Å². The summed E-state index contributed by atoms with van der Waals surface area (Å²) in [6, 6.07) is 8.65. The van der Waals surface area contributed by atoms with E-state index in [0.717, 1.165) is 5.56 Å². The molecule has 1 atom stereocenters. The van der Waals surface area contributed by atoms with Crippen molar-refractivity contribution in [2.24, 2.45) is 5.73 Å². The molecule has 1 aromatic rings. The van der Waals surface area contributed by atoms with Gasteiger partial charge >= 0.3 is 5.97 Å². The smallest absolute Gasteiger partial charge is 0.330 e. The van der Waals surface area contributed by atoms with Crippen LogP contribution in [-0.4, -0.2) is 37.2 Å². The molecule has 1 rings (SSSR count). The molecule has 0 heterocycles. The van der Waals surface area contributed by atoms with Gasteiger partial charge in [0.25, 0.3) is 0 Å². The predicted molar refractivity (Wildman–Crippen MR) is 85.6 cm³/mol. The first-order chi connectivity index (χ1) is 9.84. The number of halogens is 1. The van der Waals surface area contributed by atoms with E-state index in [0.29, 0.717) is 6.61 Å². The van der Waals surface area contributed by atoms with Gasteiger partial charge in [0, 0.05) is 0 Å². The van der Waals surface area contributed by atoms with Crippen molar-refractivity contribution in [3.05, 3.63) is 35.9 Å². The molecule has 0 saturated carbocycles. The van der Waals surface area contributed by atoms with Gasteiger partial charge in [0.05, 0.1) is 25.9 Å². The van der Waals surface area contributed by atoms with Gasteiger partial charge in [0.15, 0.2) is 6.04 Å². The van der Waals surface area contributed by atoms with Gasteiger partial charge in [-0.3, -0.25) is 4.79 Å². The lowest BCUT2D eigenvalue weighted by Gasteiger charge is -2.22. The first kappa shape index (κ1) is 20.4. The fourth-order valence-electron chi connectivity index (χ4n) is 1.52. The largest absolute Gasteiger partial charge is 0.467 e. The zero-order valence-corrected chi connectivity index (χ0v) is 13.8. The molecule has 6 nitrogen and oxygen atoms in total. The number of nitrogens with one attached hydrogen (secondary N) is 1. The summed E-state index contributed by atoms with van der Waals surface area (Å²) in [4.78, 5) is 23.5. The van der Waals surface area contributed by atoms with Crippen molar-refractivity contribution in [2.75, 3.05) is 13.7 Å². The second-order valence-corrected chi connectivity index (χ2v) is 5.27. The molecule has 0 aliphatic rings. The number of rotatable bonds is 7. The minimum Gasteiger partial charge on any atom is -0.467 e. The van der Waals surface area contributed by atoms with Crippen LogP contribution in [0, 0.1) is 0 Å². The summed E-state index contributed by atoms with van der Waals surface area (Å²) in [5, 5.41) is 2.53. The standard InChI is InChI=1S/C15H22N2O4.ClH/c1-15(2,16)14(19)17-12(13(18)20-3)10-21-9-11-7-5-4-6-8-11;/h4-8,12H,9-10,16H2,1-3H3,(H,17,19);1H/t12-;/m0./s1. The van der Waals surface area contributed by atoms with E-state index in [9.17, 15) is 9.59 Å². The fraction of sp³-hybridized carbons (Fsp3) is 0.467. The van der Waals surface area contributed by atoms with Gasteiger partial charge < -0.3 is 20.5 Å². The van der Waals surface area contributed by atoms with Gasteiger partial charge in [0.1, 0.15) is 0 Å². The van der Waals surface area contributed by atoms with Gasteiger partial charge in [-0.15, -0.1) is 12.4 Å². The molecule has 0 aliphatic carbocycles. The molecule has 0 unspecified atom stereocenters. The second kappa shape index (κ2) is 9.40. The van der Waals surface area contributed by atoms with Crippen molar-refractivity contribution in [3.63, 3.8) is 0 Å². The lowest BCUT2D eigenvalue weighted by molar-refractivity contribution is -0.147. The van der Waals surface area contributed by atoms with Crippen molar-refractivity contribution in [3.8, 4) is 0 Å². The van der Waals surface area contributed by atoms with Crippen LogP contribution < -0.4 is 11.1 Å². The highest BCUT2D eigenvalue weighted by Crippen LogP contribution is 2.03. The van der Waals surface area contributed by atoms with E-state index in [1.165, 1.54) is 7.11 Å². The molecule has 0 aliphatic heterocycles. The summed E-state index contributed by atoms with van der Waals surface area (Å²) < 4.78 is 10.1. The van der Waals surface area contributed by atoms with Gasteiger partial charge in [-0.25, -0.2) is 4.79 Å². The highest BCUT2D eigenvalue weighted by atomic mass is 35.5. The van der Waals surface area contributed by atoms with Crippen molar-refractivity contribution < 1.29 is 19.1 Å². The van der Waals surface area contributed by atoms with E-state index in [-0.39, 0.29) is 19.0 Å². The number of carbonyl (C=O) groups is 2. The molecule has 7 heteroatoms. The van der Waals surface area contributed by atoms with Crippen molar-refractivity contribution in [1.82, 2.24) is 5.32 Å². The lowest BCUT2D eigenvalue weighted by atomic mass is 10.1. The number of amides is 1. The number of methoxy groups -OCH3 is 1. The Morgan fingerprint density at radius 2 is 1.86 bits per heavy atom. The molecule has 1 aromatic carbocycles. The zero-order valence-electron chi connectivity index (χ0n) is 13.0. The molecule has 0 bridgehead atoms. The number of nitrogens with two attached hydrogens (primary N) is 1. The van der Waals surface area contributed by atoms with Gasteiger partial charge in [0.2, 0.25) is 5.91 Å². The van der Waals surface area contributed by atoms with Crippen LogP contribution in [0.25, 0.3) is 0 Å². The molecule has 1 amide bonds. The number of esters is 1. The quantitative estimate of drug-likeness (QED) is 0.728. The number of carbonyl (C=O) groups excluding carboxylic acids is 2. The van der Waals surface area contributed by atoms with Crippen molar-refractivity contribution in [2.45, 2.75) is 32.0 Å². The van der Waals surface area contributed by atoms with Crippen LogP contribution in [0.4, 0.5) is 0 Å². The highest BCUT2D eigenvalue weighted by molar-refractivity contribution is 5.89. The Kier molecular flexibility index (Phi) is 8.70. The third kappa shape index (κ3) is 6.89. The zero-order chi connectivity index (χ0) is 15.9. The third-order valence-corrected chi connectivity index (χ3v) is 2.77. The molecule has 0 spiro atoms. The maximum Gasteiger partial charge on any atom is 0.330 e. The number of hydrogen-bond donors (Lipinski definition) is 2. The predicted octanol–water partition coefficient (Wildman–Crippen LogP) is 1.02. The topological polar surface area (TPSA) is 90.6 Å². The third-order valence-electron chi connectivity index (χ3n) is 2.77. The molecule has 3 N–H and O–H groups in total. The Bertz CT molecular complexity index is 474. The molecule has 0 saturated heterocycles. The van der Waals surface area contributed by atoms with E-state index in [2.05, 4.69) is 10.1 Å². The molecular weight excluding hydrogens is 308 g/mol. The maximum atomic E-state index is 11.8. The van der Waals surface area contributed by atoms with Crippen LogP contribution in [0.1, 0.15) is 19.4 Å². The van der Waals surface area contributed by atoms with Crippen LogP contribution >= 0.6 is 12.4 Å². The highest BCUT2D eigenvalue weighted by Gasteiger charge is 2.28. The summed E-state index contributed by atoms with van der Waals surface area (Å²) in [5.41, 5.74) is 5.58. The molecule has 124 valence electrons. The van der Waals surface area contributed by atoms with Crippen molar-refractivity contribution >= 4 is 24.3 Å². The SMILES string of the molecule is COC(=O)[C@H](COCc1ccccc1)NC(=O)C(C)(C)N.Cl. The summed E-state index contributed by atoms with van der Waals surface area (Å²) in [5.74, 6) is -1.01. The van der Waals surface area contributed by atoms with Crippen LogP contribution in [0.2, 0.25) is 0 Å². The van der Waals surface area contributed by atoms with Crippen LogP contribution in [0.3, 0.4) is 0 Å². The molecule has 0 fully saturated rings. The Labute approximate surface area is 136 Å². The average molecular weight is 331 g/mol. The summed E-state index contributed by atoms with van der Waals surface area (Å²) in [7, 11) is 1.26. The fourth-order valence-corrected chi connectivity index (χ4v) is 1.52. The summed E-state index contributed by atoms with van der Waals surface area (Å²) in [6.45, 7) is 3.47. The Morgan fingerprint density at radius 3 is 2.36 bits per heavy atom. The number of hydrogen-bond acceptors (Lipinski definition) is 5. The molecule has 0 radical (unpaired) electrons. The van der Waals surface area contributed by atoms with Crippen LogP contribution in [0.5, 0.6) is 0 Å². The number of benzene rings is 1. The van der Waals surface area contributed by atoms with Gasteiger partial charge in [-0.2, -0.15) is 0 Å². The first-order valence-electron chi connectivity index (χ1n) is 6.64. The molecular formula is C15H23ClN2O4. The molecule has 0 aromatic heterocycles. The summed E-state index contributed by atoms with van der Waals surface area (Å²) >= 11 is 0. The normalized spacial score (nSPS) is 12.0. The maximum absolute atomic E-state index is 11.8. The molecule has 22 heavy (non-hydrogen) atoms. The average Bonchev–Trinajstić information content (AvgIpc) is 2.45. The van der Waals surface area contributed by atoms with Gasteiger partial charge in [-0.1, -0.05) is 30.3 Å². The summed E-state index contributed by atoms with van der Waals surface area (Å²) in [6.07, 6.45) is 0. The number of ether oxygens (including phenoxy) is 2. The second-order valence-electron chi connectivity index (χ2n) is 5.27. The Hall–Kier alpha value is -1.63. The Morgan fingerprint density at radius 1 is 1.27 bits per heavy atom. The first-order valence-corrected chi connectivity index (χ1v) is 6.64. The van der Waals surface area contributed by atoms with E-state index in [4.69, 9.17) is 10.5 Å². The van der Waals surface area contributed by atoms with E-state index in [1.807, 2.05) is 30.3 Å². The van der Waals surface area contributed by atoms with E-state index in [1.54, 1.807) is 13.8 Å². The lowest BCUT2D eigenvalue weighted by Crippen LogP contribution is -2.55. The van der Waals surface area contributed by atoms with Crippen LogP contribution in [0.15, 0.2) is 30.3 Å². The monoisotopic (exact) mass is 330 g/mol. The van der Waals surface area contributed by atoms with E-state index < -0.39 is 23.5 Å². The van der Waals surface area contributed by atoms with Gasteiger partial charge in [-0.05, 0) is 19.4 Å². The minimum absolute atomic E-state index is 0. The minimum atomic E-state index is -1.08. The van der Waals surface area contributed by atoms with Crippen molar-refractivity contribution in [1.29, 1.82) is 0 Å². The van der Waals surface area contributed by atoms with E-state index >= 15 is 0 Å². The Balaban J connectivity index is 0.00000441.